The zero-order valence-electron chi connectivity index (χ0n) is 17.7. The number of hydrogen-bond donors (Lipinski definition) is 2. The van der Waals surface area contributed by atoms with Crippen molar-refractivity contribution in [2.45, 2.75) is 6.10 Å². The van der Waals surface area contributed by atoms with E-state index in [-0.39, 0.29) is 19.1 Å². The molecular weight excluding hydrogens is 396 g/mol. The van der Waals surface area contributed by atoms with Crippen LogP contribution < -0.4 is 15.0 Å². The van der Waals surface area contributed by atoms with E-state index in [0.29, 0.717) is 17.9 Å². The van der Waals surface area contributed by atoms with Crippen LogP contribution in [0.1, 0.15) is 5.56 Å². The summed E-state index contributed by atoms with van der Waals surface area (Å²) in [5, 5.41) is 21.9. The molecule has 1 atom stereocenters. The lowest BCUT2D eigenvalue weighted by Crippen LogP contribution is -2.37. The van der Waals surface area contributed by atoms with Crippen molar-refractivity contribution in [2.24, 2.45) is 0 Å². The highest BCUT2D eigenvalue weighted by Gasteiger charge is 2.14. The van der Waals surface area contributed by atoms with E-state index in [0.717, 1.165) is 37.7 Å². The quantitative estimate of drug-likeness (QED) is 0.632. The van der Waals surface area contributed by atoms with Crippen molar-refractivity contribution >= 4 is 17.3 Å². The Bertz CT molecular complexity index is 874. The molecule has 0 bridgehead atoms. The second-order valence-corrected chi connectivity index (χ2v) is 7.49. The Hall–Kier alpha value is -3.12. The Morgan fingerprint density at radius 1 is 1.23 bits per heavy atom. The normalized spacial score (nSPS) is 14.7. The number of amides is 1. The van der Waals surface area contributed by atoms with Gasteiger partial charge in [-0.15, -0.1) is 0 Å². The Balaban J connectivity index is 1.38. The topological polar surface area (TPSA) is 98.1 Å². The van der Waals surface area contributed by atoms with Crippen LogP contribution in [0, 0.1) is 11.3 Å². The maximum Gasteiger partial charge on any atom is 0.238 e. The minimum atomic E-state index is -0.749. The standard InChI is InChI=1S/C23H28N4O4/c1-26(15-21(28)17-31-22-8-2-18(14-24)3-9-22)16-23(29)25-19-4-6-20(7-5-19)27-10-12-30-13-11-27/h2-9,21,28H,10-13,15-17H2,1H3,(H,25,29). The van der Waals surface area contributed by atoms with Gasteiger partial charge in [-0.25, -0.2) is 0 Å². The summed E-state index contributed by atoms with van der Waals surface area (Å²) in [6, 6.07) is 16.5. The minimum absolute atomic E-state index is 0.0981. The number of carbonyl (C=O) groups excluding carboxylic acids is 1. The van der Waals surface area contributed by atoms with E-state index >= 15 is 0 Å². The number of anilines is 2. The highest BCUT2D eigenvalue weighted by molar-refractivity contribution is 5.92. The lowest BCUT2D eigenvalue weighted by Gasteiger charge is -2.29. The zero-order chi connectivity index (χ0) is 22.1. The van der Waals surface area contributed by atoms with Gasteiger partial charge in [0.15, 0.2) is 0 Å². The lowest BCUT2D eigenvalue weighted by molar-refractivity contribution is -0.117. The van der Waals surface area contributed by atoms with Crippen molar-refractivity contribution in [3.8, 4) is 11.8 Å². The number of ether oxygens (including phenoxy) is 2. The summed E-state index contributed by atoms with van der Waals surface area (Å²) in [6.45, 7) is 3.74. The van der Waals surface area contributed by atoms with Gasteiger partial charge in [0.2, 0.25) is 5.91 Å². The molecular formula is C23H28N4O4. The third-order valence-electron chi connectivity index (χ3n) is 4.89. The maximum atomic E-state index is 12.3. The van der Waals surface area contributed by atoms with Gasteiger partial charge in [-0.1, -0.05) is 0 Å². The third kappa shape index (κ3) is 7.26. The molecule has 2 aromatic rings. The molecule has 1 heterocycles. The molecule has 1 aliphatic rings. The van der Waals surface area contributed by atoms with Gasteiger partial charge >= 0.3 is 0 Å². The van der Waals surface area contributed by atoms with Gasteiger partial charge in [0.25, 0.3) is 0 Å². The van der Waals surface area contributed by atoms with Gasteiger partial charge in [0, 0.05) is 31.0 Å². The monoisotopic (exact) mass is 424 g/mol. The predicted molar refractivity (Wildman–Crippen MR) is 118 cm³/mol. The van der Waals surface area contributed by atoms with Crippen LogP contribution in [0.3, 0.4) is 0 Å². The van der Waals surface area contributed by atoms with Gasteiger partial charge in [-0.05, 0) is 55.6 Å². The lowest BCUT2D eigenvalue weighted by atomic mass is 10.2. The number of nitriles is 1. The van der Waals surface area contributed by atoms with E-state index in [1.54, 1.807) is 36.2 Å². The first-order valence-corrected chi connectivity index (χ1v) is 10.3. The van der Waals surface area contributed by atoms with E-state index in [1.807, 2.05) is 30.3 Å². The molecule has 3 rings (SSSR count). The highest BCUT2D eigenvalue weighted by atomic mass is 16.5. The van der Waals surface area contributed by atoms with E-state index in [1.165, 1.54) is 0 Å². The number of aliphatic hydroxyl groups excluding tert-OH is 1. The maximum absolute atomic E-state index is 12.3. The number of nitrogens with zero attached hydrogens (tertiary/aromatic N) is 3. The highest BCUT2D eigenvalue weighted by Crippen LogP contribution is 2.19. The van der Waals surface area contributed by atoms with Crippen molar-refractivity contribution in [3.05, 3.63) is 54.1 Å². The molecule has 0 saturated carbocycles. The fraction of sp³-hybridized carbons (Fsp3) is 0.391. The number of rotatable bonds is 9. The number of nitrogens with one attached hydrogen (secondary N) is 1. The summed E-state index contributed by atoms with van der Waals surface area (Å²) in [5.41, 5.74) is 2.40. The van der Waals surface area contributed by atoms with Crippen LogP contribution in [0.2, 0.25) is 0 Å². The zero-order valence-corrected chi connectivity index (χ0v) is 17.7. The summed E-state index contributed by atoms with van der Waals surface area (Å²) in [5.74, 6) is 0.431. The first-order chi connectivity index (χ1) is 15.0. The summed E-state index contributed by atoms with van der Waals surface area (Å²) in [6.07, 6.45) is -0.749. The van der Waals surface area contributed by atoms with E-state index in [9.17, 15) is 9.90 Å². The SMILES string of the molecule is CN(CC(=O)Nc1ccc(N2CCOCC2)cc1)CC(O)COc1ccc(C#N)cc1. The van der Waals surface area contributed by atoms with Crippen molar-refractivity contribution in [2.75, 3.05) is 63.3 Å². The minimum Gasteiger partial charge on any atom is -0.491 e. The van der Waals surface area contributed by atoms with E-state index < -0.39 is 6.10 Å². The van der Waals surface area contributed by atoms with Gasteiger partial charge in [0.1, 0.15) is 18.5 Å². The second-order valence-electron chi connectivity index (χ2n) is 7.49. The van der Waals surface area contributed by atoms with Gasteiger partial charge in [-0.2, -0.15) is 5.26 Å². The van der Waals surface area contributed by atoms with E-state index in [2.05, 4.69) is 10.2 Å². The van der Waals surface area contributed by atoms with Crippen molar-refractivity contribution < 1.29 is 19.4 Å². The third-order valence-corrected chi connectivity index (χ3v) is 4.89. The molecule has 1 aliphatic heterocycles. The molecule has 1 unspecified atom stereocenters. The first kappa shape index (κ1) is 22.6. The molecule has 164 valence electrons. The first-order valence-electron chi connectivity index (χ1n) is 10.3. The second kappa shape index (κ2) is 11.3. The summed E-state index contributed by atoms with van der Waals surface area (Å²) >= 11 is 0. The van der Waals surface area contributed by atoms with Crippen LogP contribution in [0.5, 0.6) is 5.75 Å². The van der Waals surface area contributed by atoms with Crippen molar-refractivity contribution in [1.82, 2.24) is 4.90 Å². The summed E-state index contributed by atoms with van der Waals surface area (Å²) in [4.78, 5) is 16.3. The molecule has 1 amide bonds. The van der Waals surface area contributed by atoms with Crippen LogP contribution >= 0.6 is 0 Å². The smallest absolute Gasteiger partial charge is 0.238 e. The van der Waals surface area contributed by atoms with Gasteiger partial charge in [-0.3, -0.25) is 9.69 Å². The van der Waals surface area contributed by atoms with Crippen LogP contribution in [0.4, 0.5) is 11.4 Å². The molecule has 1 saturated heterocycles. The molecule has 1 fully saturated rings. The average Bonchev–Trinajstić information content (AvgIpc) is 2.79. The molecule has 31 heavy (non-hydrogen) atoms. The number of hydrogen-bond acceptors (Lipinski definition) is 7. The Labute approximate surface area is 182 Å². The van der Waals surface area contributed by atoms with Crippen LogP contribution in [0.25, 0.3) is 0 Å². The number of aliphatic hydroxyl groups is 1. The fourth-order valence-corrected chi connectivity index (χ4v) is 3.32. The molecule has 0 radical (unpaired) electrons. The van der Waals surface area contributed by atoms with Gasteiger partial charge in [0.05, 0.1) is 31.4 Å². The Kier molecular flexibility index (Phi) is 8.24. The average molecular weight is 425 g/mol. The van der Waals surface area contributed by atoms with Crippen LogP contribution in [-0.4, -0.2) is 75.1 Å². The Morgan fingerprint density at radius 3 is 2.55 bits per heavy atom. The number of benzene rings is 2. The molecule has 0 aliphatic carbocycles. The molecule has 2 N–H and O–H groups in total. The number of likely N-dealkylation sites (N-methyl/N-ethyl adjacent to an activating group) is 1. The Morgan fingerprint density at radius 2 is 1.90 bits per heavy atom. The van der Waals surface area contributed by atoms with E-state index in [4.69, 9.17) is 14.7 Å². The van der Waals surface area contributed by atoms with Crippen molar-refractivity contribution in [1.29, 1.82) is 5.26 Å². The molecule has 0 aromatic heterocycles. The van der Waals surface area contributed by atoms with Crippen LogP contribution in [0.15, 0.2) is 48.5 Å². The molecule has 0 spiro atoms. The largest absolute Gasteiger partial charge is 0.491 e. The van der Waals surface area contributed by atoms with Crippen LogP contribution in [-0.2, 0) is 9.53 Å². The predicted octanol–water partition coefficient (Wildman–Crippen LogP) is 1.71. The molecule has 2 aromatic carbocycles. The summed E-state index contributed by atoms with van der Waals surface area (Å²) < 4.78 is 10.9. The molecule has 8 heteroatoms. The fourth-order valence-electron chi connectivity index (χ4n) is 3.32. The number of morpholine rings is 1. The van der Waals surface area contributed by atoms with Crippen molar-refractivity contribution in [3.63, 3.8) is 0 Å². The molecule has 8 nitrogen and oxygen atoms in total. The van der Waals surface area contributed by atoms with Gasteiger partial charge < -0.3 is 24.8 Å². The summed E-state index contributed by atoms with van der Waals surface area (Å²) in [7, 11) is 1.77. The number of carbonyl (C=O) groups is 1.